The van der Waals surface area contributed by atoms with E-state index in [1.165, 1.54) is 11.1 Å². The summed E-state index contributed by atoms with van der Waals surface area (Å²) in [5, 5.41) is 1.95. The number of furan rings is 1. The van der Waals surface area contributed by atoms with Crippen molar-refractivity contribution in [2.45, 2.75) is 0 Å². The molecule has 0 unspecified atom stereocenters. The first-order valence-electron chi connectivity index (χ1n) is 22.8. The third kappa shape index (κ3) is 7.78. The number of hydrogen-bond acceptors (Lipinski definition) is 5. The van der Waals surface area contributed by atoms with Crippen LogP contribution in [0.2, 0.25) is 0 Å². The predicted octanol–water partition coefficient (Wildman–Crippen LogP) is 16.9. The second-order valence-electron chi connectivity index (χ2n) is 16.8. The van der Waals surface area contributed by atoms with Crippen LogP contribution in [0.5, 0.6) is 0 Å². The highest BCUT2D eigenvalue weighted by atomic mass is 16.3. The largest absolute Gasteiger partial charge is 0.455 e. The average molecular weight is 871 g/mol. The van der Waals surface area contributed by atoms with Crippen LogP contribution in [0.3, 0.4) is 0 Å². The van der Waals surface area contributed by atoms with Crippen molar-refractivity contribution in [3.05, 3.63) is 255 Å². The molecule has 12 aromatic rings. The second-order valence-corrected chi connectivity index (χ2v) is 16.8. The summed E-state index contributed by atoms with van der Waals surface area (Å²) in [6, 6.07) is 88.8. The average Bonchev–Trinajstić information content (AvgIpc) is 3.82. The summed E-state index contributed by atoms with van der Waals surface area (Å²) in [5.41, 5.74) is 16.0. The Labute approximate surface area is 395 Å². The van der Waals surface area contributed by atoms with Crippen LogP contribution in [0, 0.1) is 0 Å². The Hall–Kier alpha value is -9.19. The molecule has 0 saturated carbocycles. The van der Waals surface area contributed by atoms with E-state index in [0.29, 0.717) is 23.1 Å². The molecule has 0 amide bonds. The third-order valence-electron chi connectivity index (χ3n) is 12.5. The van der Waals surface area contributed by atoms with Crippen molar-refractivity contribution in [2.75, 3.05) is 4.90 Å². The molecule has 5 nitrogen and oxygen atoms in total. The highest BCUT2D eigenvalue weighted by molar-refractivity contribution is 6.16. The molecule has 0 fully saturated rings. The molecule has 2 heterocycles. The molecular weight excluding hydrogens is 829 g/mol. The molecule has 5 heteroatoms. The summed E-state index contributed by atoms with van der Waals surface area (Å²) in [6.07, 6.45) is 0. The van der Waals surface area contributed by atoms with Crippen LogP contribution >= 0.6 is 0 Å². The molecule has 12 rings (SSSR count). The minimum atomic E-state index is 0.516. The van der Waals surface area contributed by atoms with Gasteiger partial charge in [-0.15, -0.1) is 0 Å². The lowest BCUT2D eigenvalue weighted by molar-refractivity contribution is 0.669. The topological polar surface area (TPSA) is 55.1 Å². The number of anilines is 3. The molecule has 0 aliphatic carbocycles. The molecular formula is C63H42N4O. The molecule has 320 valence electrons. The summed E-state index contributed by atoms with van der Waals surface area (Å²) < 4.78 is 6.97. The molecule has 0 saturated heterocycles. The number of hydrogen-bond donors (Lipinski definition) is 0. The Kier molecular flexibility index (Phi) is 10.5. The van der Waals surface area contributed by atoms with Crippen LogP contribution in [0.25, 0.3) is 101 Å². The van der Waals surface area contributed by atoms with Crippen molar-refractivity contribution in [1.29, 1.82) is 0 Å². The van der Waals surface area contributed by atoms with E-state index in [9.17, 15) is 0 Å². The standard InChI is InChI=1S/C63H42N4O/c1-6-18-43(19-7-1)47-30-34-53(35-31-47)67(54-36-32-48(33-37-54)44-20-8-2-9-21-44)57-39-38-56(60-59(57)55-28-16-17-29-58(55)68-60)63-65-61(49-26-14-5-15-27-49)64-62(66-63)52-41-50(45-22-10-3-11-23-45)40-51(42-52)46-24-12-4-13-25-46/h1-42H. The smallest absolute Gasteiger partial charge is 0.167 e. The number of rotatable bonds is 10. The third-order valence-corrected chi connectivity index (χ3v) is 12.5. The zero-order valence-corrected chi connectivity index (χ0v) is 36.9. The maximum atomic E-state index is 6.97. The van der Waals surface area contributed by atoms with Gasteiger partial charge in [0, 0.05) is 27.9 Å². The van der Waals surface area contributed by atoms with Gasteiger partial charge in [0.2, 0.25) is 0 Å². The van der Waals surface area contributed by atoms with E-state index >= 15 is 0 Å². The lowest BCUT2D eigenvalue weighted by atomic mass is 9.96. The van der Waals surface area contributed by atoms with Gasteiger partial charge < -0.3 is 9.32 Å². The molecule has 0 aliphatic heterocycles. The van der Waals surface area contributed by atoms with Crippen molar-refractivity contribution in [3.63, 3.8) is 0 Å². The lowest BCUT2D eigenvalue weighted by Crippen LogP contribution is -2.10. The summed E-state index contributed by atoms with van der Waals surface area (Å²) in [6.45, 7) is 0. The van der Waals surface area contributed by atoms with E-state index in [4.69, 9.17) is 19.4 Å². The normalized spacial score (nSPS) is 11.2. The van der Waals surface area contributed by atoms with E-state index in [1.54, 1.807) is 0 Å². The first-order chi connectivity index (χ1) is 33.7. The van der Waals surface area contributed by atoms with Crippen molar-refractivity contribution >= 4 is 39.0 Å². The fraction of sp³-hybridized carbons (Fsp3) is 0. The van der Waals surface area contributed by atoms with Crippen LogP contribution in [0.1, 0.15) is 0 Å². The first kappa shape index (κ1) is 40.3. The van der Waals surface area contributed by atoms with Gasteiger partial charge in [-0.3, -0.25) is 0 Å². The van der Waals surface area contributed by atoms with E-state index in [0.717, 1.165) is 83.5 Å². The van der Waals surface area contributed by atoms with Gasteiger partial charge in [0.25, 0.3) is 0 Å². The maximum Gasteiger partial charge on any atom is 0.167 e. The van der Waals surface area contributed by atoms with Gasteiger partial charge in [-0.2, -0.15) is 0 Å². The first-order valence-corrected chi connectivity index (χ1v) is 22.8. The fourth-order valence-electron chi connectivity index (χ4n) is 9.16. The van der Waals surface area contributed by atoms with Crippen LogP contribution in [-0.4, -0.2) is 15.0 Å². The maximum absolute atomic E-state index is 6.97. The highest BCUT2D eigenvalue weighted by Gasteiger charge is 2.25. The van der Waals surface area contributed by atoms with Gasteiger partial charge in [-0.05, 0) is 105 Å². The van der Waals surface area contributed by atoms with E-state index in [-0.39, 0.29) is 0 Å². The Morgan fingerprint density at radius 1 is 0.294 bits per heavy atom. The molecule has 0 radical (unpaired) electrons. The zero-order chi connectivity index (χ0) is 45.2. The molecule has 2 aromatic heterocycles. The Morgan fingerprint density at radius 3 is 1.18 bits per heavy atom. The van der Waals surface area contributed by atoms with Crippen LogP contribution in [-0.2, 0) is 0 Å². The van der Waals surface area contributed by atoms with Gasteiger partial charge in [0.05, 0.1) is 16.6 Å². The summed E-state index contributed by atoms with van der Waals surface area (Å²) >= 11 is 0. The zero-order valence-electron chi connectivity index (χ0n) is 36.9. The minimum Gasteiger partial charge on any atom is -0.455 e. The molecule has 0 aliphatic rings. The van der Waals surface area contributed by atoms with Crippen LogP contribution < -0.4 is 4.90 Å². The van der Waals surface area contributed by atoms with Gasteiger partial charge in [0.1, 0.15) is 11.2 Å². The van der Waals surface area contributed by atoms with Crippen LogP contribution in [0.15, 0.2) is 259 Å². The molecule has 0 atom stereocenters. The number of nitrogens with zero attached hydrogens (tertiary/aromatic N) is 4. The Bertz CT molecular complexity index is 3550. The molecule has 0 bridgehead atoms. The summed E-state index contributed by atoms with van der Waals surface area (Å²) in [4.78, 5) is 18.2. The van der Waals surface area contributed by atoms with Crippen molar-refractivity contribution in [3.8, 4) is 78.7 Å². The van der Waals surface area contributed by atoms with E-state index < -0.39 is 0 Å². The number of aromatic nitrogens is 3. The van der Waals surface area contributed by atoms with Crippen molar-refractivity contribution in [1.82, 2.24) is 15.0 Å². The summed E-state index contributed by atoms with van der Waals surface area (Å²) in [7, 11) is 0. The van der Waals surface area contributed by atoms with E-state index in [1.807, 2.05) is 66.7 Å². The Morgan fingerprint density at radius 2 is 0.676 bits per heavy atom. The Balaban J connectivity index is 1.07. The number of para-hydroxylation sites is 1. The van der Waals surface area contributed by atoms with Gasteiger partial charge >= 0.3 is 0 Å². The molecule has 0 N–H and O–H groups in total. The SMILES string of the molecule is c1ccc(-c2ccc(N(c3ccc(-c4ccccc4)cc3)c3ccc(-c4nc(-c5ccccc5)nc(-c5cc(-c6ccccc6)cc(-c6ccccc6)c5)n4)c4oc5ccccc5c34)cc2)cc1. The van der Waals surface area contributed by atoms with Gasteiger partial charge in [-0.25, -0.2) is 15.0 Å². The highest BCUT2D eigenvalue weighted by Crippen LogP contribution is 2.46. The fourth-order valence-corrected chi connectivity index (χ4v) is 9.16. The minimum absolute atomic E-state index is 0.516. The van der Waals surface area contributed by atoms with Gasteiger partial charge in [0.15, 0.2) is 17.5 Å². The van der Waals surface area contributed by atoms with Crippen LogP contribution in [0.4, 0.5) is 17.1 Å². The van der Waals surface area contributed by atoms with E-state index in [2.05, 4.69) is 193 Å². The number of fused-ring (bicyclic) bond motifs is 3. The number of benzene rings is 10. The molecule has 0 spiro atoms. The monoisotopic (exact) mass is 870 g/mol. The second kappa shape index (κ2) is 17.7. The van der Waals surface area contributed by atoms with Crippen molar-refractivity contribution in [2.24, 2.45) is 0 Å². The molecule has 10 aromatic carbocycles. The van der Waals surface area contributed by atoms with Gasteiger partial charge in [-0.1, -0.05) is 194 Å². The molecule has 68 heavy (non-hydrogen) atoms. The van der Waals surface area contributed by atoms with Crippen molar-refractivity contribution < 1.29 is 4.42 Å². The predicted molar refractivity (Wildman–Crippen MR) is 280 cm³/mol. The quantitative estimate of drug-likeness (QED) is 0.137. The lowest BCUT2D eigenvalue weighted by Gasteiger charge is -2.27. The summed E-state index contributed by atoms with van der Waals surface area (Å²) in [5.74, 6) is 1.65.